The molecule has 0 unspecified atom stereocenters. The summed E-state index contributed by atoms with van der Waals surface area (Å²) in [7, 11) is 0. The Morgan fingerprint density at radius 2 is 2.00 bits per heavy atom. The van der Waals surface area contributed by atoms with Crippen molar-refractivity contribution in [3.8, 4) is 0 Å². The van der Waals surface area contributed by atoms with Crippen LogP contribution in [-0.2, 0) is 0 Å². The second-order valence-corrected chi connectivity index (χ2v) is 5.37. The van der Waals surface area contributed by atoms with E-state index in [1.54, 1.807) is 0 Å². The first kappa shape index (κ1) is 12.8. The first-order valence-corrected chi connectivity index (χ1v) is 6.93. The van der Waals surface area contributed by atoms with Gasteiger partial charge in [0.15, 0.2) is 0 Å². The molecule has 18 heavy (non-hydrogen) atoms. The third-order valence-electron chi connectivity index (χ3n) is 3.01. The molecule has 3 heteroatoms. The SMILES string of the molecule is Cc1ccsc1C(=O)NC[C@@H](C)c1ccccc1. The van der Waals surface area contributed by atoms with E-state index < -0.39 is 0 Å². The van der Waals surface area contributed by atoms with Crippen LogP contribution < -0.4 is 5.32 Å². The van der Waals surface area contributed by atoms with Crippen LogP contribution in [0.3, 0.4) is 0 Å². The molecule has 0 aliphatic rings. The molecule has 0 radical (unpaired) electrons. The molecule has 1 aromatic carbocycles. The number of thiophene rings is 1. The second-order valence-electron chi connectivity index (χ2n) is 4.45. The second kappa shape index (κ2) is 5.83. The van der Waals surface area contributed by atoms with E-state index in [2.05, 4.69) is 24.4 Å². The molecule has 1 aromatic heterocycles. The zero-order valence-electron chi connectivity index (χ0n) is 10.6. The van der Waals surface area contributed by atoms with Gasteiger partial charge in [-0.05, 0) is 35.4 Å². The topological polar surface area (TPSA) is 29.1 Å². The van der Waals surface area contributed by atoms with Gasteiger partial charge in [0.05, 0.1) is 4.88 Å². The van der Waals surface area contributed by atoms with E-state index in [0.29, 0.717) is 12.5 Å². The maximum absolute atomic E-state index is 12.0. The molecule has 2 rings (SSSR count). The quantitative estimate of drug-likeness (QED) is 0.893. The molecule has 1 heterocycles. The van der Waals surface area contributed by atoms with E-state index in [1.165, 1.54) is 16.9 Å². The van der Waals surface area contributed by atoms with E-state index in [0.717, 1.165) is 10.4 Å². The zero-order chi connectivity index (χ0) is 13.0. The number of amides is 1. The molecule has 0 spiro atoms. The van der Waals surface area contributed by atoms with E-state index in [4.69, 9.17) is 0 Å². The van der Waals surface area contributed by atoms with Crippen LogP contribution in [0, 0.1) is 6.92 Å². The van der Waals surface area contributed by atoms with Gasteiger partial charge in [-0.2, -0.15) is 0 Å². The highest BCUT2D eigenvalue weighted by molar-refractivity contribution is 7.12. The van der Waals surface area contributed by atoms with Gasteiger partial charge in [-0.3, -0.25) is 4.79 Å². The number of aryl methyl sites for hydroxylation is 1. The lowest BCUT2D eigenvalue weighted by Gasteiger charge is -2.12. The highest BCUT2D eigenvalue weighted by Crippen LogP contribution is 2.16. The van der Waals surface area contributed by atoms with Crippen molar-refractivity contribution >= 4 is 17.2 Å². The van der Waals surface area contributed by atoms with Gasteiger partial charge in [0.2, 0.25) is 0 Å². The highest BCUT2D eigenvalue weighted by atomic mass is 32.1. The van der Waals surface area contributed by atoms with E-state index in [1.807, 2.05) is 36.6 Å². The highest BCUT2D eigenvalue weighted by Gasteiger charge is 2.12. The minimum absolute atomic E-state index is 0.0327. The number of carbonyl (C=O) groups excluding carboxylic acids is 1. The molecular weight excluding hydrogens is 242 g/mol. The van der Waals surface area contributed by atoms with E-state index in [-0.39, 0.29) is 5.91 Å². The molecule has 2 nitrogen and oxygen atoms in total. The number of carbonyl (C=O) groups is 1. The maximum Gasteiger partial charge on any atom is 0.261 e. The van der Waals surface area contributed by atoms with Gasteiger partial charge in [-0.1, -0.05) is 37.3 Å². The van der Waals surface area contributed by atoms with Crippen molar-refractivity contribution in [2.75, 3.05) is 6.54 Å². The largest absolute Gasteiger partial charge is 0.351 e. The van der Waals surface area contributed by atoms with Crippen LogP contribution >= 0.6 is 11.3 Å². The maximum atomic E-state index is 12.0. The lowest BCUT2D eigenvalue weighted by molar-refractivity contribution is 0.0955. The fraction of sp³-hybridized carbons (Fsp3) is 0.267. The lowest BCUT2D eigenvalue weighted by Crippen LogP contribution is -2.27. The number of rotatable bonds is 4. The van der Waals surface area contributed by atoms with Crippen LogP contribution in [0.5, 0.6) is 0 Å². The summed E-state index contributed by atoms with van der Waals surface area (Å²) in [6, 6.07) is 12.2. The van der Waals surface area contributed by atoms with Crippen molar-refractivity contribution in [3.05, 3.63) is 57.8 Å². The Morgan fingerprint density at radius 3 is 2.61 bits per heavy atom. The van der Waals surface area contributed by atoms with Crippen molar-refractivity contribution in [2.24, 2.45) is 0 Å². The number of nitrogens with one attached hydrogen (secondary N) is 1. The molecule has 0 bridgehead atoms. The fourth-order valence-electron chi connectivity index (χ4n) is 1.83. The van der Waals surface area contributed by atoms with Crippen LogP contribution in [0.25, 0.3) is 0 Å². The number of hydrogen-bond acceptors (Lipinski definition) is 2. The molecule has 94 valence electrons. The standard InChI is InChI=1S/C15H17NOS/c1-11-8-9-18-14(11)15(17)16-10-12(2)13-6-4-3-5-7-13/h3-9,12H,10H2,1-2H3,(H,16,17)/t12-/m1/s1. The van der Waals surface area contributed by atoms with Gasteiger partial charge >= 0.3 is 0 Å². The zero-order valence-corrected chi connectivity index (χ0v) is 11.5. The van der Waals surface area contributed by atoms with Gasteiger partial charge in [0.1, 0.15) is 0 Å². The molecule has 0 fully saturated rings. The van der Waals surface area contributed by atoms with Crippen molar-refractivity contribution in [1.82, 2.24) is 5.32 Å². The van der Waals surface area contributed by atoms with Gasteiger partial charge < -0.3 is 5.32 Å². The van der Waals surface area contributed by atoms with Gasteiger partial charge in [-0.25, -0.2) is 0 Å². The number of benzene rings is 1. The van der Waals surface area contributed by atoms with Gasteiger partial charge in [-0.15, -0.1) is 11.3 Å². The van der Waals surface area contributed by atoms with Crippen LogP contribution in [0.1, 0.15) is 33.6 Å². The molecule has 1 atom stereocenters. The third-order valence-corrected chi connectivity index (χ3v) is 4.02. The average Bonchev–Trinajstić information content (AvgIpc) is 2.83. The minimum atomic E-state index is 0.0327. The predicted molar refractivity (Wildman–Crippen MR) is 76.2 cm³/mol. The smallest absolute Gasteiger partial charge is 0.261 e. The fourth-order valence-corrected chi connectivity index (χ4v) is 2.67. The van der Waals surface area contributed by atoms with Crippen molar-refractivity contribution < 1.29 is 4.79 Å². The minimum Gasteiger partial charge on any atom is -0.351 e. The summed E-state index contributed by atoms with van der Waals surface area (Å²) in [6.45, 7) is 4.75. The van der Waals surface area contributed by atoms with Gasteiger partial charge in [0.25, 0.3) is 5.91 Å². The normalized spacial score (nSPS) is 12.1. The van der Waals surface area contributed by atoms with E-state index in [9.17, 15) is 4.79 Å². The Morgan fingerprint density at radius 1 is 1.28 bits per heavy atom. The molecule has 0 saturated carbocycles. The van der Waals surface area contributed by atoms with Crippen LogP contribution in [0.2, 0.25) is 0 Å². The Bertz CT molecular complexity index is 518. The molecular formula is C15H17NOS. The van der Waals surface area contributed by atoms with Crippen LogP contribution in [-0.4, -0.2) is 12.5 Å². The summed E-state index contributed by atoms with van der Waals surface area (Å²) in [5.41, 5.74) is 2.30. The molecule has 0 aliphatic carbocycles. The van der Waals surface area contributed by atoms with Crippen molar-refractivity contribution in [1.29, 1.82) is 0 Å². The van der Waals surface area contributed by atoms with Crippen LogP contribution in [0.4, 0.5) is 0 Å². The summed E-state index contributed by atoms with van der Waals surface area (Å²) in [5.74, 6) is 0.362. The molecule has 2 aromatic rings. The first-order valence-electron chi connectivity index (χ1n) is 6.05. The average molecular weight is 259 g/mol. The van der Waals surface area contributed by atoms with Crippen LogP contribution in [0.15, 0.2) is 41.8 Å². The molecule has 0 aliphatic heterocycles. The predicted octanol–water partition coefficient (Wildman–Crippen LogP) is 3.59. The molecule has 0 saturated heterocycles. The lowest BCUT2D eigenvalue weighted by atomic mass is 10.0. The number of hydrogen-bond donors (Lipinski definition) is 1. The summed E-state index contributed by atoms with van der Waals surface area (Å²) >= 11 is 1.49. The summed E-state index contributed by atoms with van der Waals surface area (Å²) in [6.07, 6.45) is 0. The summed E-state index contributed by atoms with van der Waals surface area (Å²) in [5, 5.41) is 4.94. The molecule has 1 amide bonds. The Kier molecular flexibility index (Phi) is 4.15. The Hall–Kier alpha value is -1.61. The van der Waals surface area contributed by atoms with Crippen molar-refractivity contribution in [2.45, 2.75) is 19.8 Å². The Labute approximate surface area is 112 Å². The van der Waals surface area contributed by atoms with Gasteiger partial charge in [0, 0.05) is 6.54 Å². The Balaban J connectivity index is 1.93. The summed E-state index contributed by atoms with van der Waals surface area (Å²) < 4.78 is 0. The van der Waals surface area contributed by atoms with E-state index >= 15 is 0 Å². The molecule has 1 N–H and O–H groups in total. The van der Waals surface area contributed by atoms with Crippen molar-refractivity contribution in [3.63, 3.8) is 0 Å². The monoisotopic (exact) mass is 259 g/mol. The third kappa shape index (κ3) is 2.99. The summed E-state index contributed by atoms with van der Waals surface area (Å²) in [4.78, 5) is 12.8. The first-order chi connectivity index (χ1) is 8.68.